The minimum Gasteiger partial charge on any atom is -0.319 e. The second-order valence-corrected chi connectivity index (χ2v) is 3.78. The summed E-state index contributed by atoms with van der Waals surface area (Å²) >= 11 is 1.09. The monoisotopic (exact) mass is 227 g/mol. The van der Waals surface area contributed by atoms with Crippen molar-refractivity contribution in [1.82, 2.24) is 9.59 Å². The average molecular weight is 227 g/mol. The van der Waals surface area contributed by atoms with Crippen LogP contribution in [0.5, 0.6) is 0 Å². The molecule has 0 saturated carbocycles. The largest absolute Gasteiger partial charge is 0.319 e. The summed E-state index contributed by atoms with van der Waals surface area (Å²) in [4.78, 5) is 0.639. The maximum atomic E-state index is 13.3. The van der Waals surface area contributed by atoms with E-state index in [0.717, 1.165) is 17.6 Å². The smallest absolute Gasteiger partial charge is 0.131 e. The molecule has 0 saturated heterocycles. The van der Waals surface area contributed by atoms with Gasteiger partial charge in [0.05, 0.1) is 17.1 Å². The van der Waals surface area contributed by atoms with Gasteiger partial charge < -0.3 is 5.73 Å². The van der Waals surface area contributed by atoms with Crippen LogP contribution in [0.2, 0.25) is 0 Å². The summed E-state index contributed by atoms with van der Waals surface area (Å²) in [5.74, 6) is -1.28. The molecule has 6 heteroatoms. The number of hydrogen-bond acceptors (Lipinski definition) is 4. The highest BCUT2D eigenvalue weighted by molar-refractivity contribution is 7.05. The molecule has 0 aliphatic carbocycles. The maximum absolute atomic E-state index is 13.3. The molecule has 0 bridgehead atoms. The summed E-state index contributed by atoms with van der Waals surface area (Å²) in [6.07, 6.45) is 1.47. The first-order valence-electron chi connectivity index (χ1n) is 4.16. The fourth-order valence-electron chi connectivity index (χ4n) is 1.22. The highest BCUT2D eigenvalue weighted by Gasteiger charge is 2.15. The van der Waals surface area contributed by atoms with E-state index < -0.39 is 17.7 Å². The molecule has 3 nitrogen and oxygen atoms in total. The minimum atomic E-state index is -0.657. The normalized spacial score (nSPS) is 12.7. The van der Waals surface area contributed by atoms with Gasteiger partial charge in [-0.1, -0.05) is 10.6 Å². The number of halogens is 2. The molecule has 15 heavy (non-hydrogen) atoms. The molecule has 1 unspecified atom stereocenters. The van der Waals surface area contributed by atoms with Crippen molar-refractivity contribution in [3.05, 3.63) is 46.5 Å². The first kappa shape index (κ1) is 10.1. The van der Waals surface area contributed by atoms with Crippen molar-refractivity contribution in [2.24, 2.45) is 5.73 Å². The van der Waals surface area contributed by atoms with Crippen LogP contribution in [0.25, 0.3) is 0 Å². The van der Waals surface area contributed by atoms with Crippen molar-refractivity contribution in [3.63, 3.8) is 0 Å². The van der Waals surface area contributed by atoms with Gasteiger partial charge in [0, 0.05) is 11.6 Å². The van der Waals surface area contributed by atoms with E-state index >= 15 is 0 Å². The molecule has 0 aliphatic rings. The average Bonchev–Trinajstić information content (AvgIpc) is 2.69. The number of nitrogens with two attached hydrogens (primary N) is 1. The molecule has 1 atom stereocenters. The van der Waals surface area contributed by atoms with E-state index in [2.05, 4.69) is 9.59 Å². The molecule has 0 fully saturated rings. The Labute approximate surface area is 88.7 Å². The third-order valence-corrected chi connectivity index (χ3v) is 2.73. The van der Waals surface area contributed by atoms with Gasteiger partial charge in [-0.2, -0.15) is 0 Å². The third-order valence-electron chi connectivity index (χ3n) is 1.98. The number of aromatic nitrogens is 2. The lowest BCUT2D eigenvalue weighted by atomic mass is 10.1. The Bertz CT molecular complexity index is 458. The van der Waals surface area contributed by atoms with E-state index in [4.69, 9.17) is 5.73 Å². The number of nitrogens with zero attached hydrogens (tertiary/aromatic N) is 2. The highest BCUT2D eigenvalue weighted by atomic mass is 32.1. The van der Waals surface area contributed by atoms with Crippen LogP contribution in [0.4, 0.5) is 8.78 Å². The minimum absolute atomic E-state index is 0.238. The maximum Gasteiger partial charge on any atom is 0.131 e. The molecule has 0 amide bonds. The summed E-state index contributed by atoms with van der Waals surface area (Å²) in [7, 11) is 0. The molecule has 2 aromatic rings. The molecule has 2 N–H and O–H groups in total. The van der Waals surface area contributed by atoms with Crippen molar-refractivity contribution in [2.45, 2.75) is 6.04 Å². The van der Waals surface area contributed by atoms with Crippen molar-refractivity contribution in [3.8, 4) is 0 Å². The third kappa shape index (κ3) is 2.00. The Balaban J connectivity index is 2.38. The molecule has 1 heterocycles. The Hall–Kier alpha value is -1.40. The van der Waals surface area contributed by atoms with Gasteiger partial charge in [0.15, 0.2) is 0 Å². The Morgan fingerprint density at radius 2 is 2.13 bits per heavy atom. The molecular weight excluding hydrogens is 220 g/mol. The van der Waals surface area contributed by atoms with Gasteiger partial charge >= 0.3 is 0 Å². The summed E-state index contributed by atoms with van der Waals surface area (Å²) in [5.41, 5.74) is 6.02. The second kappa shape index (κ2) is 4.00. The van der Waals surface area contributed by atoms with E-state index in [1.807, 2.05) is 0 Å². The summed E-state index contributed by atoms with van der Waals surface area (Å²) in [5, 5.41) is 3.61. The van der Waals surface area contributed by atoms with E-state index in [1.165, 1.54) is 18.3 Å². The summed E-state index contributed by atoms with van der Waals surface area (Å²) in [6, 6.07) is 2.66. The molecular formula is C9H7F2N3S. The SMILES string of the molecule is NC(c1cnns1)c1ccc(F)cc1F. The van der Waals surface area contributed by atoms with Crippen LogP contribution in [0, 0.1) is 11.6 Å². The van der Waals surface area contributed by atoms with Crippen LogP contribution in [0.3, 0.4) is 0 Å². The lowest BCUT2D eigenvalue weighted by Crippen LogP contribution is -2.12. The van der Waals surface area contributed by atoms with Crippen molar-refractivity contribution >= 4 is 11.5 Å². The van der Waals surface area contributed by atoms with Crippen LogP contribution in [0.1, 0.15) is 16.5 Å². The fraction of sp³-hybridized carbons (Fsp3) is 0.111. The van der Waals surface area contributed by atoms with Crippen molar-refractivity contribution in [1.29, 1.82) is 0 Å². The molecule has 0 radical (unpaired) electrons. The Morgan fingerprint density at radius 1 is 1.33 bits per heavy atom. The van der Waals surface area contributed by atoms with Crippen LogP contribution < -0.4 is 5.73 Å². The van der Waals surface area contributed by atoms with E-state index in [0.29, 0.717) is 4.88 Å². The lowest BCUT2D eigenvalue weighted by molar-refractivity contribution is 0.566. The predicted molar refractivity (Wildman–Crippen MR) is 52.3 cm³/mol. The molecule has 0 spiro atoms. The first-order valence-corrected chi connectivity index (χ1v) is 4.93. The molecule has 0 aliphatic heterocycles. The fourth-order valence-corrected chi connectivity index (χ4v) is 1.74. The van der Waals surface area contributed by atoms with Crippen LogP contribution in [0.15, 0.2) is 24.4 Å². The molecule has 2 rings (SSSR count). The predicted octanol–water partition coefficient (Wildman–Crippen LogP) is 1.86. The van der Waals surface area contributed by atoms with Crippen molar-refractivity contribution < 1.29 is 8.78 Å². The Morgan fingerprint density at radius 3 is 2.73 bits per heavy atom. The van der Waals surface area contributed by atoms with E-state index in [-0.39, 0.29) is 5.56 Å². The topological polar surface area (TPSA) is 51.8 Å². The van der Waals surface area contributed by atoms with E-state index in [9.17, 15) is 8.78 Å². The van der Waals surface area contributed by atoms with Crippen LogP contribution in [-0.2, 0) is 0 Å². The molecule has 78 valence electrons. The van der Waals surface area contributed by atoms with Gasteiger partial charge in [-0.15, -0.1) is 5.10 Å². The zero-order chi connectivity index (χ0) is 10.8. The quantitative estimate of drug-likeness (QED) is 0.852. The molecule has 1 aromatic carbocycles. The Kier molecular flexibility index (Phi) is 2.70. The van der Waals surface area contributed by atoms with Crippen LogP contribution >= 0.6 is 11.5 Å². The number of hydrogen-bond donors (Lipinski definition) is 1. The van der Waals surface area contributed by atoms with Crippen LogP contribution in [-0.4, -0.2) is 9.59 Å². The van der Waals surface area contributed by atoms with Gasteiger partial charge in [-0.05, 0) is 17.6 Å². The number of rotatable bonds is 2. The zero-order valence-corrected chi connectivity index (χ0v) is 8.34. The number of benzene rings is 1. The molecule has 1 aromatic heterocycles. The van der Waals surface area contributed by atoms with Gasteiger partial charge in [0.25, 0.3) is 0 Å². The highest BCUT2D eigenvalue weighted by Crippen LogP contribution is 2.23. The van der Waals surface area contributed by atoms with E-state index in [1.54, 1.807) is 0 Å². The van der Waals surface area contributed by atoms with Gasteiger partial charge in [-0.25, -0.2) is 8.78 Å². The lowest BCUT2D eigenvalue weighted by Gasteiger charge is -2.09. The zero-order valence-electron chi connectivity index (χ0n) is 7.52. The summed E-state index contributed by atoms with van der Waals surface area (Å²) < 4.78 is 29.6. The standard InChI is InChI=1S/C9H7F2N3S/c10-5-1-2-6(7(11)3-5)9(12)8-4-13-14-15-8/h1-4,9H,12H2. The summed E-state index contributed by atoms with van der Waals surface area (Å²) in [6.45, 7) is 0. The van der Waals surface area contributed by atoms with Gasteiger partial charge in [0.1, 0.15) is 11.6 Å². The van der Waals surface area contributed by atoms with Gasteiger partial charge in [-0.3, -0.25) is 0 Å². The first-order chi connectivity index (χ1) is 7.18. The van der Waals surface area contributed by atoms with Crippen molar-refractivity contribution in [2.75, 3.05) is 0 Å². The van der Waals surface area contributed by atoms with Gasteiger partial charge in [0.2, 0.25) is 0 Å². The second-order valence-electron chi connectivity index (χ2n) is 2.96.